The molecule has 2 aromatic carbocycles. The van der Waals surface area contributed by atoms with E-state index < -0.39 is 18.1 Å². The molecule has 21 heavy (non-hydrogen) atoms. The SMILES string of the molecule is N#C[C@H](NC(=O)[C@@H](O)c1ccccc1)c1ccc(Cl)cc1. The molecule has 2 N–H and O–H groups in total. The second kappa shape index (κ2) is 6.89. The first-order valence-corrected chi connectivity index (χ1v) is 6.68. The van der Waals surface area contributed by atoms with E-state index in [9.17, 15) is 15.2 Å². The van der Waals surface area contributed by atoms with E-state index in [1.807, 2.05) is 6.07 Å². The zero-order valence-corrected chi connectivity index (χ0v) is 11.8. The van der Waals surface area contributed by atoms with Gasteiger partial charge in [-0.2, -0.15) is 5.26 Å². The number of carbonyl (C=O) groups excluding carboxylic acids is 1. The molecule has 5 heteroatoms. The second-order valence-corrected chi connectivity index (χ2v) is 4.87. The standard InChI is InChI=1S/C16H13ClN2O2/c17-13-8-6-11(7-9-13)14(10-18)19-16(21)15(20)12-4-2-1-3-5-12/h1-9,14-15,20H,(H,19,21)/t14-,15-/m0/s1. The second-order valence-electron chi connectivity index (χ2n) is 4.44. The molecule has 2 aromatic rings. The molecule has 0 aliphatic rings. The maximum atomic E-state index is 12.0. The molecule has 0 aliphatic heterocycles. The molecule has 0 fully saturated rings. The topological polar surface area (TPSA) is 73.1 Å². The van der Waals surface area contributed by atoms with Gasteiger partial charge in [-0.05, 0) is 23.3 Å². The van der Waals surface area contributed by atoms with Crippen molar-refractivity contribution in [1.82, 2.24) is 5.32 Å². The molecule has 2 rings (SSSR count). The Bertz CT molecular complexity index is 650. The number of carbonyl (C=O) groups is 1. The van der Waals surface area contributed by atoms with Crippen LogP contribution in [-0.4, -0.2) is 11.0 Å². The maximum Gasteiger partial charge on any atom is 0.254 e. The van der Waals surface area contributed by atoms with Crippen LogP contribution in [0.4, 0.5) is 0 Å². The number of aliphatic hydroxyl groups is 1. The quantitative estimate of drug-likeness (QED) is 0.912. The molecular weight excluding hydrogens is 288 g/mol. The van der Waals surface area contributed by atoms with Gasteiger partial charge in [0.05, 0.1) is 6.07 Å². The summed E-state index contributed by atoms with van der Waals surface area (Å²) in [5, 5.41) is 22.2. The van der Waals surface area contributed by atoms with Gasteiger partial charge in [0.1, 0.15) is 6.04 Å². The number of amides is 1. The first-order chi connectivity index (χ1) is 10.1. The van der Waals surface area contributed by atoms with Crippen molar-refractivity contribution < 1.29 is 9.90 Å². The third-order valence-corrected chi connectivity index (χ3v) is 3.23. The van der Waals surface area contributed by atoms with Crippen molar-refractivity contribution in [3.05, 3.63) is 70.7 Å². The van der Waals surface area contributed by atoms with E-state index in [0.29, 0.717) is 16.1 Å². The third-order valence-electron chi connectivity index (χ3n) is 2.98. The summed E-state index contributed by atoms with van der Waals surface area (Å²) in [5.74, 6) is -0.622. The number of nitrogens with one attached hydrogen (secondary N) is 1. The Hall–Kier alpha value is -2.35. The number of hydrogen-bond donors (Lipinski definition) is 2. The van der Waals surface area contributed by atoms with Gasteiger partial charge in [0.25, 0.3) is 5.91 Å². The third kappa shape index (κ3) is 3.82. The first kappa shape index (κ1) is 15.0. The number of aliphatic hydroxyl groups excluding tert-OH is 1. The highest BCUT2D eigenvalue weighted by atomic mass is 35.5. The van der Waals surface area contributed by atoms with E-state index in [2.05, 4.69) is 5.32 Å². The average Bonchev–Trinajstić information content (AvgIpc) is 2.53. The maximum absolute atomic E-state index is 12.0. The van der Waals surface area contributed by atoms with Crippen molar-refractivity contribution >= 4 is 17.5 Å². The van der Waals surface area contributed by atoms with Crippen molar-refractivity contribution in [3.8, 4) is 6.07 Å². The Morgan fingerprint density at radius 3 is 2.29 bits per heavy atom. The lowest BCUT2D eigenvalue weighted by atomic mass is 10.1. The Balaban J connectivity index is 2.10. The molecule has 0 unspecified atom stereocenters. The van der Waals surface area contributed by atoms with Crippen molar-refractivity contribution in [2.24, 2.45) is 0 Å². The Morgan fingerprint density at radius 1 is 1.10 bits per heavy atom. The molecule has 0 radical (unpaired) electrons. The van der Waals surface area contributed by atoms with Crippen molar-refractivity contribution in [3.63, 3.8) is 0 Å². The van der Waals surface area contributed by atoms with Crippen LogP contribution in [0.15, 0.2) is 54.6 Å². The summed E-state index contributed by atoms with van der Waals surface area (Å²) in [6.45, 7) is 0. The van der Waals surface area contributed by atoms with Gasteiger partial charge in [-0.25, -0.2) is 0 Å². The fourth-order valence-corrected chi connectivity index (χ4v) is 1.98. The predicted octanol–water partition coefficient (Wildman–Crippen LogP) is 2.75. The van der Waals surface area contributed by atoms with Crippen LogP contribution in [0.3, 0.4) is 0 Å². The Kier molecular flexibility index (Phi) is 4.94. The van der Waals surface area contributed by atoms with Gasteiger partial charge in [-0.1, -0.05) is 54.1 Å². The molecule has 4 nitrogen and oxygen atoms in total. The van der Waals surface area contributed by atoms with Crippen molar-refractivity contribution in [1.29, 1.82) is 5.26 Å². The van der Waals surface area contributed by atoms with Crippen LogP contribution in [-0.2, 0) is 4.79 Å². The monoisotopic (exact) mass is 300 g/mol. The highest BCUT2D eigenvalue weighted by molar-refractivity contribution is 6.30. The first-order valence-electron chi connectivity index (χ1n) is 6.30. The fourth-order valence-electron chi connectivity index (χ4n) is 1.85. The predicted molar refractivity (Wildman–Crippen MR) is 79.4 cm³/mol. The van der Waals surface area contributed by atoms with E-state index in [4.69, 9.17) is 11.6 Å². The highest BCUT2D eigenvalue weighted by Crippen LogP contribution is 2.18. The van der Waals surface area contributed by atoms with Crippen molar-refractivity contribution in [2.45, 2.75) is 12.1 Å². The highest BCUT2D eigenvalue weighted by Gasteiger charge is 2.21. The molecule has 0 saturated carbocycles. The minimum atomic E-state index is -1.31. The summed E-state index contributed by atoms with van der Waals surface area (Å²) in [5.41, 5.74) is 1.08. The molecule has 1 amide bonds. The fraction of sp³-hybridized carbons (Fsp3) is 0.125. The normalized spacial score (nSPS) is 13.0. The lowest BCUT2D eigenvalue weighted by Crippen LogP contribution is -2.32. The molecule has 0 bridgehead atoms. The van der Waals surface area contributed by atoms with E-state index in [1.165, 1.54) is 0 Å². The summed E-state index contributed by atoms with van der Waals surface area (Å²) >= 11 is 5.79. The molecule has 0 heterocycles. The number of halogens is 1. The zero-order chi connectivity index (χ0) is 15.2. The molecule has 0 saturated heterocycles. The molecule has 2 atom stereocenters. The van der Waals surface area contributed by atoms with Crippen LogP contribution in [0.1, 0.15) is 23.3 Å². The summed E-state index contributed by atoms with van der Waals surface area (Å²) in [6.07, 6.45) is -1.31. The minimum absolute atomic E-state index is 0.475. The summed E-state index contributed by atoms with van der Waals surface area (Å²) in [6, 6.07) is 16.3. The van der Waals surface area contributed by atoms with Crippen molar-refractivity contribution in [2.75, 3.05) is 0 Å². The number of benzene rings is 2. The molecule has 0 aliphatic carbocycles. The summed E-state index contributed by atoms with van der Waals surface area (Å²) in [7, 11) is 0. The molecule has 0 spiro atoms. The van der Waals surface area contributed by atoms with Gasteiger partial charge in [0.15, 0.2) is 6.10 Å². The lowest BCUT2D eigenvalue weighted by Gasteiger charge is -2.15. The van der Waals surface area contributed by atoms with Gasteiger partial charge in [-0.15, -0.1) is 0 Å². The average molecular weight is 301 g/mol. The van der Waals surface area contributed by atoms with Crippen LogP contribution >= 0.6 is 11.6 Å². The van der Waals surface area contributed by atoms with E-state index >= 15 is 0 Å². The van der Waals surface area contributed by atoms with Gasteiger partial charge < -0.3 is 10.4 Å². The van der Waals surface area contributed by atoms with E-state index in [-0.39, 0.29) is 0 Å². The summed E-state index contributed by atoms with van der Waals surface area (Å²) in [4.78, 5) is 12.0. The van der Waals surface area contributed by atoms with Gasteiger partial charge in [0.2, 0.25) is 0 Å². The Labute approximate surface area is 127 Å². The van der Waals surface area contributed by atoms with E-state index in [1.54, 1.807) is 54.6 Å². The van der Waals surface area contributed by atoms with Crippen LogP contribution < -0.4 is 5.32 Å². The Morgan fingerprint density at radius 2 is 1.71 bits per heavy atom. The number of rotatable bonds is 4. The molecule has 106 valence electrons. The number of hydrogen-bond acceptors (Lipinski definition) is 3. The van der Waals surface area contributed by atoms with Gasteiger partial charge >= 0.3 is 0 Å². The zero-order valence-electron chi connectivity index (χ0n) is 11.0. The minimum Gasteiger partial charge on any atom is -0.378 e. The van der Waals surface area contributed by atoms with Gasteiger partial charge in [0, 0.05) is 5.02 Å². The van der Waals surface area contributed by atoms with E-state index in [0.717, 1.165) is 0 Å². The van der Waals surface area contributed by atoms with Crippen LogP contribution in [0.2, 0.25) is 5.02 Å². The largest absolute Gasteiger partial charge is 0.378 e. The van der Waals surface area contributed by atoms with Gasteiger partial charge in [-0.3, -0.25) is 4.79 Å². The van der Waals surface area contributed by atoms with Crippen LogP contribution in [0.5, 0.6) is 0 Å². The molecular formula is C16H13ClN2O2. The van der Waals surface area contributed by atoms with Crippen LogP contribution in [0.25, 0.3) is 0 Å². The number of nitrogens with zero attached hydrogens (tertiary/aromatic N) is 1. The number of nitriles is 1. The molecule has 0 aromatic heterocycles. The van der Waals surface area contributed by atoms with Crippen LogP contribution in [0, 0.1) is 11.3 Å². The smallest absolute Gasteiger partial charge is 0.254 e. The summed E-state index contributed by atoms with van der Waals surface area (Å²) < 4.78 is 0. The lowest BCUT2D eigenvalue weighted by molar-refractivity contribution is -0.130.